The zero-order valence-electron chi connectivity index (χ0n) is 15.6. The van der Waals surface area contributed by atoms with Gasteiger partial charge in [0.25, 0.3) is 0 Å². The van der Waals surface area contributed by atoms with E-state index < -0.39 is 0 Å². The zero-order chi connectivity index (χ0) is 18.4. The summed E-state index contributed by atoms with van der Waals surface area (Å²) in [5, 5.41) is 5.61. The molecule has 0 spiro atoms. The van der Waals surface area contributed by atoms with Gasteiger partial charge in [-0.15, -0.1) is 0 Å². The molecular formula is C23H25N3. The molecule has 3 nitrogen and oxygen atoms in total. The van der Waals surface area contributed by atoms with Crippen molar-refractivity contribution in [3.63, 3.8) is 0 Å². The minimum absolute atomic E-state index is 0.560. The Bertz CT molecular complexity index is 916. The SMILES string of the molecule is CC(/C=C/c1ccc(C(C)C)cc1)=N/NCc1cccc2ncccc12. The lowest BCUT2D eigenvalue weighted by Crippen LogP contribution is -2.08. The van der Waals surface area contributed by atoms with Crippen molar-refractivity contribution in [3.8, 4) is 0 Å². The van der Waals surface area contributed by atoms with Crippen LogP contribution in [-0.2, 0) is 6.54 Å². The number of nitrogens with one attached hydrogen (secondary N) is 1. The predicted octanol–water partition coefficient (Wildman–Crippen LogP) is 5.54. The summed E-state index contributed by atoms with van der Waals surface area (Å²) in [5.41, 5.74) is 8.85. The number of hydrazone groups is 1. The second-order valence-corrected chi connectivity index (χ2v) is 6.73. The average molecular weight is 343 g/mol. The van der Waals surface area contributed by atoms with Crippen LogP contribution in [0.1, 0.15) is 43.4 Å². The molecule has 132 valence electrons. The molecule has 1 heterocycles. The van der Waals surface area contributed by atoms with Gasteiger partial charge in [0, 0.05) is 11.6 Å². The molecular weight excluding hydrogens is 318 g/mol. The van der Waals surface area contributed by atoms with E-state index in [0.717, 1.165) is 16.6 Å². The lowest BCUT2D eigenvalue weighted by molar-refractivity contribution is 0.748. The number of benzene rings is 2. The van der Waals surface area contributed by atoms with Crippen LogP contribution >= 0.6 is 0 Å². The Hall–Kier alpha value is -2.94. The summed E-state index contributed by atoms with van der Waals surface area (Å²) in [6.07, 6.45) is 5.94. The number of hydrogen-bond donors (Lipinski definition) is 1. The van der Waals surface area contributed by atoms with Gasteiger partial charge in [0.05, 0.1) is 17.8 Å². The monoisotopic (exact) mass is 343 g/mol. The highest BCUT2D eigenvalue weighted by molar-refractivity contribution is 5.96. The third-order valence-corrected chi connectivity index (χ3v) is 4.38. The molecule has 0 unspecified atom stereocenters. The first-order valence-electron chi connectivity index (χ1n) is 9.01. The predicted molar refractivity (Wildman–Crippen MR) is 111 cm³/mol. The van der Waals surface area contributed by atoms with Crippen LogP contribution in [0.15, 0.2) is 72.0 Å². The van der Waals surface area contributed by atoms with Gasteiger partial charge in [0.15, 0.2) is 0 Å². The summed E-state index contributed by atoms with van der Waals surface area (Å²) < 4.78 is 0. The van der Waals surface area contributed by atoms with Crippen LogP contribution in [0.3, 0.4) is 0 Å². The van der Waals surface area contributed by atoms with Gasteiger partial charge >= 0.3 is 0 Å². The Labute approximate surface area is 155 Å². The molecule has 3 heteroatoms. The quantitative estimate of drug-likeness (QED) is 0.471. The molecule has 1 N–H and O–H groups in total. The largest absolute Gasteiger partial charge is 0.305 e. The Morgan fingerprint density at radius 2 is 1.88 bits per heavy atom. The van der Waals surface area contributed by atoms with Gasteiger partial charge in [-0.3, -0.25) is 4.98 Å². The molecule has 0 amide bonds. The normalized spacial score (nSPS) is 12.2. The van der Waals surface area contributed by atoms with Crippen molar-refractivity contribution in [2.24, 2.45) is 5.10 Å². The van der Waals surface area contributed by atoms with E-state index in [1.54, 1.807) is 0 Å². The number of rotatable bonds is 6. The summed E-state index contributed by atoms with van der Waals surface area (Å²) in [7, 11) is 0. The molecule has 3 rings (SSSR count). The smallest absolute Gasteiger partial charge is 0.0705 e. The van der Waals surface area contributed by atoms with Gasteiger partial charge in [-0.2, -0.15) is 5.10 Å². The summed E-state index contributed by atoms with van der Waals surface area (Å²) in [6.45, 7) is 7.09. The molecule has 2 aromatic carbocycles. The third kappa shape index (κ3) is 4.57. The standard InChI is InChI=1S/C23H25N3/c1-17(2)20-13-11-19(12-14-20)10-9-18(3)26-25-16-21-6-4-8-23-22(21)7-5-15-24-23/h4-15,17,25H,16H2,1-3H3/b10-9+,26-18-. The summed E-state index contributed by atoms with van der Waals surface area (Å²) in [6, 6.07) is 18.9. The van der Waals surface area contributed by atoms with Gasteiger partial charge in [0.2, 0.25) is 0 Å². The van der Waals surface area contributed by atoms with Crippen LogP contribution in [0.4, 0.5) is 0 Å². The van der Waals surface area contributed by atoms with Gasteiger partial charge in [-0.25, -0.2) is 0 Å². The number of allylic oxidation sites excluding steroid dienone is 1. The zero-order valence-corrected chi connectivity index (χ0v) is 15.6. The minimum atomic E-state index is 0.560. The van der Waals surface area contributed by atoms with E-state index in [-0.39, 0.29) is 0 Å². The van der Waals surface area contributed by atoms with E-state index >= 15 is 0 Å². The minimum Gasteiger partial charge on any atom is -0.305 e. The Balaban J connectivity index is 1.61. The molecule has 0 radical (unpaired) electrons. The van der Waals surface area contributed by atoms with Crippen molar-refractivity contribution in [1.82, 2.24) is 10.4 Å². The topological polar surface area (TPSA) is 37.3 Å². The molecule has 26 heavy (non-hydrogen) atoms. The molecule has 3 aromatic rings. The van der Waals surface area contributed by atoms with Gasteiger partial charge in [0.1, 0.15) is 0 Å². The molecule has 0 fully saturated rings. The van der Waals surface area contributed by atoms with Crippen LogP contribution in [0.25, 0.3) is 17.0 Å². The first kappa shape index (κ1) is 17.9. The van der Waals surface area contributed by atoms with E-state index in [4.69, 9.17) is 0 Å². The summed E-state index contributed by atoms with van der Waals surface area (Å²) in [5.74, 6) is 0.560. The van der Waals surface area contributed by atoms with Crippen LogP contribution < -0.4 is 5.43 Å². The summed E-state index contributed by atoms with van der Waals surface area (Å²) >= 11 is 0. The Kier molecular flexibility index (Phi) is 5.80. The van der Waals surface area contributed by atoms with Crippen molar-refractivity contribution < 1.29 is 0 Å². The fraction of sp³-hybridized carbons (Fsp3) is 0.217. The molecule has 0 bridgehead atoms. The summed E-state index contributed by atoms with van der Waals surface area (Å²) in [4.78, 5) is 4.39. The number of aromatic nitrogens is 1. The fourth-order valence-electron chi connectivity index (χ4n) is 2.82. The van der Waals surface area contributed by atoms with Crippen molar-refractivity contribution in [3.05, 3.63) is 83.6 Å². The highest BCUT2D eigenvalue weighted by Crippen LogP contribution is 2.16. The molecule has 0 atom stereocenters. The van der Waals surface area contributed by atoms with Gasteiger partial charge in [-0.05, 0) is 47.7 Å². The van der Waals surface area contributed by atoms with Crippen LogP contribution in [0.2, 0.25) is 0 Å². The second kappa shape index (κ2) is 8.43. The van der Waals surface area contributed by atoms with Crippen molar-refractivity contribution in [2.45, 2.75) is 33.2 Å². The van der Waals surface area contributed by atoms with Crippen molar-refractivity contribution in [1.29, 1.82) is 0 Å². The lowest BCUT2D eigenvalue weighted by Gasteiger charge is -2.06. The number of pyridine rings is 1. The fourth-order valence-corrected chi connectivity index (χ4v) is 2.82. The van der Waals surface area contributed by atoms with E-state index in [1.807, 2.05) is 37.4 Å². The highest BCUT2D eigenvalue weighted by Gasteiger charge is 2.00. The molecule has 0 saturated carbocycles. The maximum absolute atomic E-state index is 4.45. The lowest BCUT2D eigenvalue weighted by atomic mass is 10.0. The maximum atomic E-state index is 4.45. The van der Waals surface area contributed by atoms with E-state index in [2.05, 4.69) is 71.8 Å². The van der Waals surface area contributed by atoms with Crippen LogP contribution in [0.5, 0.6) is 0 Å². The van der Waals surface area contributed by atoms with Gasteiger partial charge < -0.3 is 5.43 Å². The Morgan fingerprint density at radius 3 is 2.65 bits per heavy atom. The molecule has 0 aliphatic heterocycles. The molecule has 0 aliphatic rings. The highest BCUT2D eigenvalue weighted by atomic mass is 15.3. The molecule has 0 saturated heterocycles. The maximum Gasteiger partial charge on any atom is 0.0705 e. The molecule has 1 aromatic heterocycles. The van der Waals surface area contributed by atoms with Crippen LogP contribution in [-0.4, -0.2) is 10.7 Å². The number of hydrogen-bond acceptors (Lipinski definition) is 3. The second-order valence-electron chi connectivity index (χ2n) is 6.73. The van der Waals surface area contributed by atoms with Crippen molar-refractivity contribution in [2.75, 3.05) is 0 Å². The first-order valence-corrected chi connectivity index (χ1v) is 9.01. The first-order chi connectivity index (χ1) is 12.6. The number of nitrogens with zero attached hydrogens (tertiary/aromatic N) is 2. The Morgan fingerprint density at radius 1 is 1.08 bits per heavy atom. The number of fused-ring (bicyclic) bond motifs is 1. The van der Waals surface area contributed by atoms with Crippen molar-refractivity contribution >= 4 is 22.7 Å². The van der Waals surface area contributed by atoms with Crippen LogP contribution in [0, 0.1) is 0 Å². The molecule has 0 aliphatic carbocycles. The average Bonchev–Trinajstić information content (AvgIpc) is 2.67. The van der Waals surface area contributed by atoms with E-state index in [0.29, 0.717) is 12.5 Å². The third-order valence-electron chi connectivity index (χ3n) is 4.38. The van der Waals surface area contributed by atoms with E-state index in [1.165, 1.54) is 16.7 Å². The van der Waals surface area contributed by atoms with Gasteiger partial charge in [-0.1, -0.05) is 62.4 Å². The van der Waals surface area contributed by atoms with E-state index in [9.17, 15) is 0 Å².